The first-order valence-electron chi connectivity index (χ1n) is 11.2. The van der Waals surface area contributed by atoms with E-state index in [1.807, 2.05) is 18.2 Å². The van der Waals surface area contributed by atoms with Crippen molar-refractivity contribution in [3.8, 4) is 28.7 Å². The van der Waals surface area contributed by atoms with E-state index in [9.17, 15) is 5.26 Å². The standard InChI is InChI=1S/C31H19NO/c1-19-10-14-28-26(16-19)31(27-17-20(18-32)11-15-29(27)33-28)24-9-5-4-8-23(24)30-22-7-3-2-6-21(22)12-13-25(30)31/h2-17H,1H3. The second-order valence-electron chi connectivity index (χ2n) is 8.93. The minimum Gasteiger partial charge on any atom is -0.457 e. The lowest BCUT2D eigenvalue weighted by atomic mass is 9.65. The van der Waals surface area contributed by atoms with E-state index in [2.05, 4.69) is 91.9 Å². The van der Waals surface area contributed by atoms with Crippen LogP contribution in [-0.4, -0.2) is 0 Å². The maximum absolute atomic E-state index is 9.75. The van der Waals surface area contributed by atoms with Gasteiger partial charge in [0.15, 0.2) is 0 Å². The molecule has 1 aliphatic heterocycles. The third kappa shape index (κ3) is 2.21. The van der Waals surface area contributed by atoms with E-state index in [1.165, 1.54) is 38.6 Å². The van der Waals surface area contributed by atoms with Crippen molar-refractivity contribution in [3.63, 3.8) is 0 Å². The predicted molar refractivity (Wildman–Crippen MR) is 131 cm³/mol. The zero-order valence-electron chi connectivity index (χ0n) is 18.1. The molecule has 5 aromatic rings. The summed E-state index contributed by atoms with van der Waals surface area (Å²) < 4.78 is 6.43. The number of ether oxygens (including phenoxy) is 1. The van der Waals surface area contributed by atoms with Gasteiger partial charge in [0.1, 0.15) is 11.5 Å². The van der Waals surface area contributed by atoms with Crippen molar-refractivity contribution in [2.75, 3.05) is 0 Å². The van der Waals surface area contributed by atoms with Gasteiger partial charge >= 0.3 is 0 Å². The Labute approximate surface area is 192 Å². The Kier molecular flexibility index (Phi) is 3.51. The van der Waals surface area contributed by atoms with Crippen LogP contribution in [0.5, 0.6) is 11.5 Å². The molecular weight excluding hydrogens is 402 g/mol. The van der Waals surface area contributed by atoms with Gasteiger partial charge in [0, 0.05) is 11.1 Å². The van der Waals surface area contributed by atoms with Crippen LogP contribution in [0, 0.1) is 18.3 Å². The zero-order chi connectivity index (χ0) is 22.2. The van der Waals surface area contributed by atoms with Gasteiger partial charge in [-0.2, -0.15) is 5.26 Å². The van der Waals surface area contributed by atoms with E-state index in [0.29, 0.717) is 5.56 Å². The highest BCUT2D eigenvalue weighted by atomic mass is 16.5. The molecule has 0 N–H and O–H groups in total. The molecule has 1 spiro atoms. The number of hydrogen-bond acceptors (Lipinski definition) is 2. The van der Waals surface area contributed by atoms with Crippen LogP contribution in [0.15, 0.2) is 97.1 Å². The van der Waals surface area contributed by atoms with Gasteiger partial charge in [0.2, 0.25) is 0 Å². The lowest BCUT2D eigenvalue weighted by Gasteiger charge is -2.39. The predicted octanol–water partition coefficient (Wildman–Crippen LogP) is 7.49. The first-order chi connectivity index (χ1) is 16.2. The van der Waals surface area contributed by atoms with Gasteiger partial charge in [-0.3, -0.25) is 0 Å². The van der Waals surface area contributed by atoms with Crippen LogP contribution >= 0.6 is 0 Å². The van der Waals surface area contributed by atoms with Crippen molar-refractivity contribution in [2.24, 2.45) is 0 Å². The molecular formula is C31H19NO. The van der Waals surface area contributed by atoms with Crippen LogP contribution in [0.1, 0.15) is 33.4 Å². The highest BCUT2D eigenvalue weighted by Crippen LogP contribution is 2.63. The smallest absolute Gasteiger partial charge is 0.132 e. The molecule has 0 aromatic heterocycles. The highest BCUT2D eigenvalue weighted by Gasteiger charge is 2.51. The molecule has 0 bridgehead atoms. The van der Waals surface area contributed by atoms with E-state index in [-0.39, 0.29) is 0 Å². The molecule has 2 aliphatic rings. The van der Waals surface area contributed by atoms with Crippen molar-refractivity contribution in [1.29, 1.82) is 5.26 Å². The average Bonchev–Trinajstić information content (AvgIpc) is 3.16. The van der Waals surface area contributed by atoms with Crippen LogP contribution in [0.2, 0.25) is 0 Å². The molecule has 0 saturated heterocycles. The zero-order valence-corrected chi connectivity index (χ0v) is 18.1. The number of rotatable bonds is 0. The summed E-state index contributed by atoms with van der Waals surface area (Å²) in [6.07, 6.45) is 0. The van der Waals surface area contributed by atoms with Gasteiger partial charge < -0.3 is 4.74 Å². The lowest BCUT2D eigenvalue weighted by molar-refractivity contribution is 0.436. The van der Waals surface area contributed by atoms with Gasteiger partial charge in [-0.05, 0) is 64.2 Å². The third-order valence-corrected chi connectivity index (χ3v) is 7.21. The van der Waals surface area contributed by atoms with Gasteiger partial charge in [0.25, 0.3) is 0 Å². The minimum atomic E-state index is -0.544. The molecule has 0 radical (unpaired) electrons. The maximum atomic E-state index is 9.75. The second-order valence-corrected chi connectivity index (χ2v) is 8.93. The van der Waals surface area contributed by atoms with E-state index in [0.717, 1.165) is 22.6 Å². The Balaban J connectivity index is 1.74. The Bertz CT molecular complexity index is 1670. The summed E-state index contributed by atoms with van der Waals surface area (Å²) in [6.45, 7) is 2.12. The monoisotopic (exact) mass is 421 g/mol. The lowest BCUT2D eigenvalue weighted by Crippen LogP contribution is -2.32. The summed E-state index contributed by atoms with van der Waals surface area (Å²) in [5.74, 6) is 1.68. The third-order valence-electron chi connectivity index (χ3n) is 7.21. The van der Waals surface area contributed by atoms with Crippen molar-refractivity contribution in [3.05, 3.63) is 130 Å². The quantitative estimate of drug-likeness (QED) is 0.254. The number of benzene rings is 5. The van der Waals surface area contributed by atoms with Crippen LogP contribution in [0.3, 0.4) is 0 Å². The molecule has 5 aromatic carbocycles. The Morgan fingerprint density at radius 1 is 0.697 bits per heavy atom. The first-order valence-corrected chi connectivity index (χ1v) is 11.2. The Hall–Kier alpha value is -4.35. The van der Waals surface area contributed by atoms with Crippen molar-refractivity contribution in [1.82, 2.24) is 0 Å². The molecule has 1 aliphatic carbocycles. The highest BCUT2D eigenvalue weighted by molar-refractivity contribution is 6.04. The number of aryl methyl sites for hydroxylation is 1. The first kappa shape index (κ1) is 18.2. The Morgan fingerprint density at radius 2 is 1.45 bits per heavy atom. The van der Waals surface area contributed by atoms with Crippen molar-refractivity contribution < 1.29 is 4.74 Å². The SMILES string of the molecule is Cc1ccc2c(c1)C1(c3cc(C#N)ccc3O2)c2ccccc2-c2c1ccc1ccccc21. The van der Waals surface area contributed by atoms with Crippen LogP contribution < -0.4 is 4.74 Å². The topological polar surface area (TPSA) is 33.0 Å². The van der Waals surface area contributed by atoms with E-state index in [1.54, 1.807) is 0 Å². The van der Waals surface area contributed by atoms with Crippen molar-refractivity contribution in [2.45, 2.75) is 12.3 Å². The van der Waals surface area contributed by atoms with Crippen LogP contribution in [0.25, 0.3) is 21.9 Å². The number of nitrogens with zero attached hydrogens (tertiary/aromatic N) is 1. The molecule has 1 unspecified atom stereocenters. The van der Waals surface area contributed by atoms with E-state index < -0.39 is 5.41 Å². The second kappa shape index (κ2) is 6.34. The summed E-state index contributed by atoms with van der Waals surface area (Å²) in [5, 5.41) is 12.2. The van der Waals surface area contributed by atoms with E-state index in [4.69, 9.17) is 4.74 Å². The molecule has 2 nitrogen and oxygen atoms in total. The molecule has 7 rings (SSSR count). The number of fused-ring (bicyclic) bond motifs is 11. The molecule has 33 heavy (non-hydrogen) atoms. The normalized spacial score (nSPS) is 17.0. The maximum Gasteiger partial charge on any atom is 0.132 e. The molecule has 1 atom stereocenters. The Morgan fingerprint density at radius 3 is 2.33 bits per heavy atom. The number of hydrogen-bond donors (Lipinski definition) is 0. The summed E-state index contributed by atoms with van der Waals surface area (Å²) in [7, 11) is 0. The minimum absolute atomic E-state index is 0.544. The summed E-state index contributed by atoms with van der Waals surface area (Å²) in [6, 6.07) is 36.4. The fourth-order valence-electron chi connectivity index (χ4n) is 5.90. The van der Waals surface area contributed by atoms with Crippen LogP contribution in [0.4, 0.5) is 0 Å². The van der Waals surface area contributed by atoms with Gasteiger partial charge in [-0.15, -0.1) is 0 Å². The number of nitriles is 1. The molecule has 0 saturated carbocycles. The molecule has 1 heterocycles. The molecule has 154 valence electrons. The fourth-order valence-corrected chi connectivity index (χ4v) is 5.90. The van der Waals surface area contributed by atoms with Gasteiger partial charge in [-0.1, -0.05) is 78.4 Å². The fraction of sp³-hybridized carbons (Fsp3) is 0.0645. The largest absolute Gasteiger partial charge is 0.457 e. The molecule has 2 heteroatoms. The summed E-state index contributed by atoms with van der Waals surface area (Å²) in [5.41, 5.74) is 8.43. The van der Waals surface area contributed by atoms with Crippen LogP contribution in [-0.2, 0) is 5.41 Å². The van der Waals surface area contributed by atoms with Gasteiger partial charge in [0.05, 0.1) is 17.0 Å². The molecule has 0 amide bonds. The van der Waals surface area contributed by atoms with E-state index >= 15 is 0 Å². The average molecular weight is 421 g/mol. The molecule has 0 fully saturated rings. The summed E-state index contributed by atoms with van der Waals surface area (Å²) >= 11 is 0. The summed E-state index contributed by atoms with van der Waals surface area (Å²) in [4.78, 5) is 0. The van der Waals surface area contributed by atoms with Gasteiger partial charge in [-0.25, -0.2) is 0 Å². The van der Waals surface area contributed by atoms with Crippen molar-refractivity contribution >= 4 is 10.8 Å².